The summed E-state index contributed by atoms with van der Waals surface area (Å²) in [6.07, 6.45) is 2.26. The van der Waals surface area contributed by atoms with Gasteiger partial charge in [-0.2, -0.15) is 0 Å². The van der Waals surface area contributed by atoms with Gasteiger partial charge in [0.1, 0.15) is 0 Å². The highest BCUT2D eigenvalue weighted by Crippen LogP contribution is 2.34. The van der Waals surface area contributed by atoms with E-state index in [1.54, 1.807) is 0 Å². The van der Waals surface area contributed by atoms with Crippen LogP contribution in [0, 0.1) is 12.8 Å². The Balaban J connectivity index is 2.05. The Hall–Kier alpha value is -1.45. The van der Waals surface area contributed by atoms with Crippen molar-refractivity contribution in [3.8, 4) is 0 Å². The molecule has 1 unspecified atom stereocenters. The van der Waals surface area contributed by atoms with Gasteiger partial charge in [0, 0.05) is 30.3 Å². The molecule has 1 aliphatic rings. The van der Waals surface area contributed by atoms with Gasteiger partial charge in [0.25, 0.3) is 0 Å². The van der Waals surface area contributed by atoms with Crippen molar-refractivity contribution in [2.75, 3.05) is 19.8 Å². The third kappa shape index (κ3) is 3.09. The van der Waals surface area contributed by atoms with Crippen LogP contribution >= 0.6 is 0 Å². The average molecular weight is 284 g/mol. The number of hydrogen-bond acceptors (Lipinski definition) is 3. The second-order valence-electron chi connectivity index (χ2n) is 5.86. The van der Waals surface area contributed by atoms with Gasteiger partial charge in [-0.25, -0.2) is 0 Å². The summed E-state index contributed by atoms with van der Waals surface area (Å²) in [5, 5.41) is 4.98. The van der Waals surface area contributed by atoms with E-state index < -0.39 is 0 Å². The minimum Gasteiger partial charge on any atom is -0.381 e. The summed E-state index contributed by atoms with van der Waals surface area (Å²) in [4.78, 5) is 4.67. The molecular formula is C18H24N2O. The SMILES string of the molecule is CCNC(c1cc(C)nc2ccccc12)C1CCOCC1. The molecule has 2 heterocycles. The van der Waals surface area contributed by atoms with E-state index >= 15 is 0 Å². The first-order valence-electron chi connectivity index (χ1n) is 7.97. The molecule has 2 aromatic rings. The zero-order chi connectivity index (χ0) is 14.7. The highest BCUT2D eigenvalue weighted by Gasteiger charge is 2.26. The Bertz CT molecular complexity index is 605. The summed E-state index contributed by atoms with van der Waals surface area (Å²) < 4.78 is 5.53. The molecule has 0 saturated carbocycles. The third-order valence-corrected chi connectivity index (χ3v) is 4.37. The molecule has 3 heteroatoms. The molecular weight excluding hydrogens is 260 g/mol. The van der Waals surface area contributed by atoms with E-state index in [0.29, 0.717) is 12.0 Å². The first-order chi connectivity index (χ1) is 10.3. The van der Waals surface area contributed by atoms with Crippen LogP contribution in [0.1, 0.15) is 37.1 Å². The number of aryl methyl sites for hydroxylation is 1. The largest absolute Gasteiger partial charge is 0.381 e. The number of rotatable bonds is 4. The minimum atomic E-state index is 0.394. The number of hydrogen-bond donors (Lipinski definition) is 1. The molecule has 3 nitrogen and oxygen atoms in total. The zero-order valence-electron chi connectivity index (χ0n) is 12.9. The minimum absolute atomic E-state index is 0.394. The highest BCUT2D eigenvalue weighted by atomic mass is 16.5. The van der Waals surface area contributed by atoms with E-state index in [9.17, 15) is 0 Å². The Kier molecular flexibility index (Phi) is 4.51. The van der Waals surface area contributed by atoms with Gasteiger partial charge in [0.15, 0.2) is 0 Å². The van der Waals surface area contributed by atoms with Crippen molar-refractivity contribution in [3.63, 3.8) is 0 Å². The maximum atomic E-state index is 5.53. The maximum absolute atomic E-state index is 5.53. The predicted octanol–water partition coefficient (Wildman–Crippen LogP) is 3.62. The number of nitrogens with zero attached hydrogens (tertiary/aromatic N) is 1. The lowest BCUT2D eigenvalue weighted by molar-refractivity contribution is 0.0540. The molecule has 1 N–H and O–H groups in total. The van der Waals surface area contributed by atoms with Crippen molar-refractivity contribution in [2.24, 2.45) is 5.92 Å². The number of fused-ring (bicyclic) bond motifs is 1. The molecule has 0 bridgehead atoms. The molecule has 3 rings (SSSR count). The van der Waals surface area contributed by atoms with Crippen LogP contribution in [0.2, 0.25) is 0 Å². The summed E-state index contributed by atoms with van der Waals surface area (Å²) in [6, 6.07) is 11.1. The first-order valence-corrected chi connectivity index (χ1v) is 7.97. The molecule has 1 aromatic heterocycles. The molecule has 1 aliphatic heterocycles. The van der Waals surface area contributed by atoms with Gasteiger partial charge in [-0.05, 0) is 49.9 Å². The highest BCUT2D eigenvalue weighted by molar-refractivity contribution is 5.82. The smallest absolute Gasteiger partial charge is 0.0708 e. The number of para-hydroxylation sites is 1. The molecule has 1 fully saturated rings. The van der Waals surface area contributed by atoms with Crippen molar-refractivity contribution in [2.45, 2.75) is 32.7 Å². The van der Waals surface area contributed by atoms with E-state index in [1.165, 1.54) is 10.9 Å². The number of nitrogens with one attached hydrogen (secondary N) is 1. The van der Waals surface area contributed by atoms with Crippen LogP contribution in [0.5, 0.6) is 0 Å². The summed E-state index contributed by atoms with van der Waals surface area (Å²) >= 11 is 0. The van der Waals surface area contributed by atoms with E-state index in [-0.39, 0.29) is 0 Å². The lowest BCUT2D eigenvalue weighted by atomic mass is 9.85. The lowest BCUT2D eigenvalue weighted by Gasteiger charge is -2.32. The standard InChI is InChI=1S/C18H24N2O/c1-3-19-18(14-8-10-21-11-9-14)16-12-13(2)20-17-7-5-4-6-15(16)17/h4-7,12,14,18-19H,3,8-11H2,1-2H3. The number of ether oxygens (including phenoxy) is 1. The fraction of sp³-hybridized carbons (Fsp3) is 0.500. The molecule has 0 radical (unpaired) electrons. The van der Waals surface area contributed by atoms with Crippen molar-refractivity contribution >= 4 is 10.9 Å². The average Bonchev–Trinajstić information content (AvgIpc) is 2.52. The summed E-state index contributed by atoms with van der Waals surface area (Å²) in [6.45, 7) is 7.02. The van der Waals surface area contributed by atoms with Crippen LogP contribution in [0.4, 0.5) is 0 Å². The second kappa shape index (κ2) is 6.54. The Labute approximate surface area is 126 Å². The molecule has 1 atom stereocenters. The molecule has 0 aliphatic carbocycles. The van der Waals surface area contributed by atoms with Crippen LogP contribution in [-0.4, -0.2) is 24.7 Å². The molecule has 112 valence electrons. The van der Waals surface area contributed by atoms with Crippen LogP contribution in [0.3, 0.4) is 0 Å². The van der Waals surface area contributed by atoms with Gasteiger partial charge in [0.2, 0.25) is 0 Å². The molecule has 0 spiro atoms. The van der Waals surface area contributed by atoms with Gasteiger partial charge >= 0.3 is 0 Å². The van der Waals surface area contributed by atoms with E-state index in [0.717, 1.165) is 43.8 Å². The number of aromatic nitrogens is 1. The zero-order valence-corrected chi connectivity index (χ0v) is 12.9. The van der Waals surface area contributed by atoms with Crippen molar-refractivity contribution in [3.05, 3.63) is 41.6 Å². The molecule has 21 heavy (non-hydrogen) atoms. The Morgan fingerprint density at radius 1 is 1.29 bits per heavy atom. The van der Waals surface area contributed by atoms with E-state index in [2.05, 4.69) is 54.5 Å². The van der Waals surface area contributed by atoms with Gasteiger partial charge in [-0.3, -0.25) is 4.98 Å². The fourth-order valence-corrected chi connectivity index (χ4v) is 3.40. The van der Waals surface area contributed by atoms with Gasteiger partial charge in [0.05, 0.1) is 5.52 Å². The Morgan fingerprint density at radius 3 is 2.81 bits per heavy atom. The topological polar surface area (TPSA) is 34.2 Å². The van der Waals surface area contributed by atoms with Crippen molar-refractivity contribution in [1.29, 1.82) is 0 Å². The van der Waals surface area contributed by atoms with Gasteiger partial charge in [-0.1, -0.05) is 25.1 Å². The summed E-state index contributed by atoms with van der Waals surface area (Å²) in [7, 11) is 0. The third-order valence-electron chi connectivity index (χ3n) is 4.37. The molecule has 1 saturated heterocycles. The van der Waals surface area contributed by atoms with Crippen LogP contribution in [-0.2, 0) is 4.74 Å². The number of benzene rings is 1. The molecule has 1 aromatic carbocycles. The lowest BCUT2D eigenvalue weighted by Crippen LogP contribution is -2.32. The second-order valence-corrected chi connectivity index (χ2v) is 5.86. The monoisotopic (exact) mass is 284 g/mol. The summed E-state index contributed by atoms with van der Waals surface area (Å²) in [5.74, 6) is 0.643. The normalized spacial score (nSPS) is 18.0. The summed E-state index contributed by atoms with van der Waals surface area (Å²) in [5.41, 5.74) is 3.59. The first kappa shape index (κ1) is 14.5. The van der Waals surface area contributed by atoms with Crippen molar-refractivity contribution < 1.29 is 4.74 Å². The van der Waals surface area contributed by atoms with Gasteiger partial charge < -0.3 is 10.1 Å². The van der Waals surface area contributed by atoms with Crippen LogP contribution < -0.4 is 5.32 Å². The van der Waals surface area contributed by atoms with E-state index in [4.69, 9.17) is 4.74 Å². The molecule has 0 amide bonds. The maximum Gasteiger partial charge on any atom is 0.0708 e. The van der Waals surface area contributed by atoms with E-state index in [1.807, 2.05) is 0 Å². The van der Waals surface area contributed by atoms with Crippen LogP contribution in [0.25, 0.3) is 10.9 Å². The van der Waals surface area contributed by atoms with Crippen LogP contribution in [0.15, 0.2) is 30.3 Å². The fourth-order valence-electron chi connectivity index (χ4n) is 3.40. The van der Waals surface area contributed by atoms with Gasteiger partial charge in [-0.15, -0.1) is 0 Å². The number of pyridine rings is 1. The quantitative estimate of drug-likeness (QED) is 0.931. The van der Waals surface area contributed by atoms with Crippen molar-refractivity contribution in [1.82, 2.24) is 10.3 Å². The Morgan fingerprint density at radius 2 is 2.05 bits per heavy atom. The predicted molar refractivity (Wildman–Crippen MR) is 86.4 cm³/mol.